The summed E-state index contributed by atoms with van der Waals surface area (Å²) in [6, 6.07) is 2.02. The maximum absolute atomic E-state index is 13.5. The molecule has 0 heterocycles. The van der Waals surface area contributed by atoms with E-state index in [0.717, 1.165) is 18.3 Å². The Morgan fingerprint density at radius 1 is 1.35 bits per heavy atom. The Bertz CT molecular complexity index is 446. The first kappa shape index (κ1) is 14.6. The van der Waals surface area contributed by atoms with E-state index >= 15 is 0 Å². The third-order valence-corrected chi connectivity index (χ3v) is 3.75. The quantitative estimate of drug-likeness (QED) is 0.465. The molecule has 0 amide bonds. The fourth-order valence-corrected chi connectivity index (χ4v) is 1.91. The number of halogens is 3. The van der Waals surface area contributed by atoms with Gasteiger partial charge in [-0.05, 0) is 48.8 Å². The molecule has 1 aromatic carbocycles. The minimum absolute atomic E-state index is 0.0143. The maximum Gasteiger partial charge on any atom is 0.146 e. The van der Waals surface area contributed by atoms with E-state index in [2.05, 4.69) is 20.3 Å². The molecule has 0 aliphatic heterocycles. The molecule has 0 radical (unpaired) electrons. The summed E-state index contributed by atoms with van der Waals surface area (Å²) in [5.41, 5.74) is -0.0329. The van der Waals surface area contributed by atoms with E-state index in [-0.39, 0.29) is 10.0 Å². The first-order valence-corrected chi connectivity index (χ1v) is 6.72. The van der Waals surface area contributed by atoms with E-state index in [9.17, 15) is 13.3 Å². The van der Waals surface area contributed by atoms with Gasteiger partial charge in [0, 0.05) is 5.56 Å². The Labute approximate surface area is 111 Å². The summed E-state index contributed by atoms with van der Waals surface area (Å²) in [6.07, 6.45) is 1.09. The number of rotatable bonds is 2. The van der Waals surface area contributed by atoms with Gasteiger partial charge in [0.2, 0.25) is 0 Å². The predicted molar refractivity (Wildman–Crippen MR) is 69.5 cm³/mol. The zero-order valence-electron chi connectivity index (χ0n) is 9.63. The number of hydrogen-bond donors (Lipinski definition) is 0. The first-order valence-electron chi connectivity index (χ1n) is 4.82. The smallest absolute Gasteiger partial charge is 0.146 e. The second kappa shape index (κ2) is 5.46. The maximum atomic E-state index is 13.5. The minimum atomic E-state index is -1.49. The molecule has 0 unspecified atom stereocenters. The summed E-state index contributed by atoms with van der Waals surface area (Å²) in [4.78, 5) is 0. The van der Waals surface area contributed by atoms with E-state index in [1.807, 2.05) is 0 Å². The highest BCUT2D eigenvalue weighted by molar-refractivity contribution is 9.10. The molecule has 0 spiro atoms. The Kier molecular flexibility index (Phi) is 4.69. The van der Waals surface area contributed by atoms with Crippen molar-refractivity contribution >= 4 is 33.5 Å². The van der Waals surface area contributed by atoms with Gasteiger partial charge in [-0.15, -0.1) is 0 Å². The van der Waals surface area contributed by atoms with Crippen LogP contribution in [0.3, 0.4) is 0 Å². The van der Waals surface area contributed by atoms with E-state index in [0.29, 0.717) is 0 Å². The number of benzene rings is 1. The zero-order valence-corrected chi connectivity index (χ0v) is 12.0. The van der Waals surface area contributed by atoms with Gasteiger partial charge < -0.3 is 4.55 Å². The third-order valence-electron chi connectivity index (χ3n) is 1.83. The average molecular weight is 324 g/mol. The van der Waals surface area contributed by atoms with Gasteiger partial charge in [-0.25, -0.2) is 8.78 Å². The van der Waals surface area contributed by atoms with Crippen molar-refractivity contribution in [2.45, 2.75) is 25.5 Å². The van der Waals surface area contributed by atoms with E-state index in [1.165, 1.54) is 0 Å². The van der Waals surface area contributed by atoms with Crippen LogP contribution in [0.25, 0.3) is 0 Å². The molecular formula is C11H12BrF2NOS. The fourth-order valence-electron chi connectivity index (χ4n) is 0.933. The molecule has 0 N–H and O–H groups in total. The Morgan fingerprint density at radius 2 is 1.94 bits per heavy atom. The predicted octanol–water partition coefficient (Wildman–Crippen LogP) is 3.61. The third kappa shape index (κ3) is 4.04. The molecule has 0 aliphatic carbocycles. The molecule has 17 heavy (non-hydrogen) atoms. The van der Waals surface area contributed by atoms with Gasteiger partial charge in [0.1, 0.15) is 27.7 Å². The van der Waals surface area contributed by atoms with Gasteiger partial charge in [0.25, 0.3) is 0 Å². The van der Waals surface area contributed by atoms with Crippen molar-refractivity contribution in [2.75, 3.05) is 0 Å². The molecule has 0 saturated carbocycles. The van der Waals surface area contributed by atoms with Crippen LogP contribution in [0.15, 0.2) is 21.0 Å². The minimum Gasteiger partial charge on any atom is -0.591 e. The van der Waals surface area contributed by atoms with Crippen LogP contribution in [-0.2, 0) is 11.4 Å². The SMILES string of the molecule is CC(C)(C)[S@@+]([O-])N=Cc1cc(F)cc(Br)c1F. The summed E-state index contributed by atoms with van der Waals surface area (Å²) in [5.74, 6) is -1.21. The molecular weight excluding hydrogens is 312 g/mol. The van der Waals surface area contributed by atoms with Gasteiger partial charge in [-0.3, -0.25) is 0 Å². The molecule has 0 fully saturated rings. The average Bonchev–Trinajstić information content (AvgIpc) is 2.19. The van der Waals surface area contributed by atoms with E-state index in [1.54, 1.807) is 20.8 Å². The topological polar surface area (TPSA) is 35.4 Å². The van der Waals surface area contributed by atoms with Crippen molar-refractivity contribution in [3.8, 4) is 0 Å². The van der Waals surface area contributed by atoms with Crippen LogP contribution in [0, 0.1) is 11.6 Å². The van der Waals surface area contributed by atoms with Gasteiger partial charge in [-0.2, -0.15) is 0 Å². The molecule has 0 aliphatic rings. The van der Waals surface area contributed by atoms with Crippen molar-refractivity contribution < 1.29 is 13.3 Å². The van der Waals surface area contributed by atoms with Gasteiger partial charge in [-0.1, -0.05) is 4.40 Å². The molecule has 0 bridgehead atoms. The molecule has 1 rings (SSSR count). The second-order valence-electron chi connectivity index (χ2n) is 4.39. The lowest BCUT2D eigenvalue weighted by molar-refractivity contribution is 0.561. The monoisotopic (exact) mass is 323 g/mol. The van der Waals surface area contributed by atoms with Gasteiger partial charge >= 0.3 is 0 Å². The largest absolute Gasteiger partial charge is 0.591 e. The van der Waals surface area contributed by atoms with Crippen molar-refractivity contribution in [1.29, 1.82) is 0 Å². The molecule has 6 heteroatoms. The molecule has 0 aromatic heterocycles. The van der Waals surface area contributed by atoms with Crippen LogP contribution < -0.4 is 0 Å². The fraction of sp³-hybridized carbons (Fsp3) is 0.364. The number of nitrogens with zero attached hydrogens (tertiary/aromatic N) is 1. The van der Waals surface area contributed by atoms with Crippen molar-refractivity contribution in [2.24, 2.45) is 4.40 Å². The van der Waals surface area contributed by atoms with Crippen LogP contribution in [0.1, 0.15) is 26.3 Å². The zero-order chi connectivity index (χ0) is 13.2. The van der Waals surface area contributed by atoms with E-state index < -0.39 is 27.7 Å². The van der Waals surface area contributed by atoms with Gasteiger partial charge in [0.15, 0.2) is 0 Å². The molecule has 1 atom stereocenters. The van der Waals surface area contributed by atoms with Gasteiger partial charge in [0.05, 0.1) is 10.7 Å². The van der Waals surface area contributed by atoms with Crippen LogP contribution in [-0.4, -0.2) is 15.5 Å². The summed E-state index contributed by atoms with van der Waals surface area (Å²) in [5, 5.41) is 0. The van der Waals surface area contributed by atoms with Crippen LogP contribution in [0.5, 0.6) is 0 Å². The van der Waals surface area contributed by atoms with Crippen LogP contribution in [0.4, 0.5) is 8.78 Å². The Hall–Kier alpha value is -0.460. The van der Waals surface area contributed by atoms with Crippen LogP contribution >= 0.6 is 15.9 Å². The van der Waals surface area contributed by atoms with Crippen molar-refractivity contribution in [3.05, 3.63) is 33.8 Å². The van der Waals surface area contributed by atoms with Crippen LogP contribution in [0.2, 0.25) is 0 Å². The highest BCUT2D eigenvalue weighted by Gasteiger charge is 2.26. The highest BCUT2D eigenvalue weighted by Crippen LogP contribution is 2.21. The standard InChI is InChI=1S/C11H12BrF2NOS/c1-11(2,3)17(16)15-6-7-4-8(13)5-9(12)10(7)14/h4-6H,1-3H3/t17-/m1/s1. The second-order valence-corrected chi connectivity index (χ2v) is 7.18. The molecule has 0 saturated heterocycles. The lowest BCUT2D eigenvalue weighted by Crippen LogP contribution is -2.25. The first-order chi connectivity index (χ1) is 7.71. The normalized spacial score (nSPS) is 14.3. The Balaban J connectivity index is 3.00. The molecule has 2 nitrogen and oxygen atoms in total. The van der Waals surface area contributed by atoms with E-state index in [4.69, 9.17) is 0 Å². The summed E-state index contributed by atoms with van der Waals surface area (Å²) in [7, 11) is 0. The lowest BCUT2D eigenvalue weighted by atomic mass is 10.2. The molecule has 94 valence electrons. The Morgan fingerprint density at radius 3 is 2.47 bits per heavy atom. The summed E-state index contributed by atoms with van der Waals surface area (Å²) in [6.45, 7) is 5.24. The summed E-state index contributed by atoms with van der Waals surface area (Å²) < 4.78 is 41.4. The van der Waals surface area contributed by atoms with Crippen molar-refractivity contribution in [1.82, 2.24) is 0 Å². The number of hydrogen-bond acceptors (Lipinski definition) is 2. The lowest BCUT2D eigenvalue weighted by Gasteiger charge is -2.17. The van der Waals surface area contributed by atoms with Crippen molar-refractivity contribution in [3.63, 3.8) is 0 Å². The summed E-state index contributed by atoms with van der Waals surface area (Å²) >= 11 is 1.40. The highest BCUT2D eigenvalue weighted by atomic mass is 79.9. The molecule has 1 aromatic rings.